The highest BCUT2D eigenvalue weighted by Gasteiger charge is 2.27. The lowest BCUT2D eigenvalue weighted by Gasteiger charge is -2.29. The van der Waals surface area contributed by atoms with Crippen molar-refractivity contribution in [2.45, 2.75) is 31.0 Å². The number of amidine groups is 1. The summed E-state index contributed by atoms with van der Waals surface area (Å²) in [5, 5.41) is 6.04. The van der Waals surface area contributed by atoms with Crippen LogP contribution >= 0.6 is 0 Å². The van der Waals surface area contributed by atoms with Gasteiger partial charge in [0.05, 0.1) is 11.2 Å². The summed E-state index contributed by atoms with van der Waals surface area (Å²) in [4.78, 5) is 8.57. The summed E-state index contributed by atoms with van der Waals surface area (Å²) in [6.45, 7) is 3.78. The Bertz CT molecular complexity index is 652. The SMILES string of the molecule is CCC1(Nc2ccc(S(=O)(=O)O)cc2)N=CNC(C)=N1. The van der Waals surface area contributed by atoms with Gasteiger partial charge in [-0.2, -0.15) is 8.42 Å². The number of benzene rings is 1. The number of nitrogens with one attached hydrogen (secondary N) is 2. The second-order valence-electron chi connectivity index (χ2n) is 4.39. The van der Waals surface area contributed by atoms with E-state index in [4.69, 9.17) is 4.55 Å². The van der Waals surface area contributed by atoms with Gasteiger partial charge in [0.2, 0.25) is 5.79 Å². The average Bonchev–Trinajstić information content (AvgIpc) is 2.38. The third-order valence-corrected chi connectivity index (χ3v) is 3.76. The molecule has 8 heteroatoms. The lowest BCUT2D eigenvalue weighted by atomic mass is 10.2. The Kier molecular flexibility index (Phi) is 3.78. The van der Waals surface area contributed by atoms with Gasteiger partial charge in [-0.25, -0.2) is 9.98 Å². The van der Waals surface area contributed by atoms with Gasteiger partial charge in [0.15, 0.2) is 0 Å². The summed E-state index contributed by atoms with van der Waals surface area (Å²) in [6.07, 6.45) is 2.20. The molecule has 0 saturated heterocycles. The Balaban J connectivity index is 2.25. The predicted molar refractivity (Wildman–Crippen MR) is 77.6 cm³/mol. The molecule has 0 aromatic heterocycles. The first kappa shape index (κ1) is 14.5. The van der Waals surface area contributed by atoms with Crippen molar-refractivity contribution in [2.75, 3.05) is 5.32 Å². The Labute approximate surface area is 117 Å². The van der Waals surface area contributed by atoms with E-state index in [0.29, 0.717) is 12.1 Å². The number of anilines is 1. The maximum Gasteiger partial charge on any atom is 0.294 e. The van der Waals surface area contributed by atoms with Crippen molar-refractivity contribution in [3.05, 3.63) is 24.3 Å². The Morgan fingerprint density at radius 3 is 2.50 bits per heavy atom. The van der Waals surface area contributed by atoms with Crippen LogP contribution in [0, 0.1) is 0 Å². The topological polar surface area (TPSA) is 103 Å². The highest BCUT2D eigenvalue weighted by atomic mass is 32.2. The minimum Gasteiger partial charge on any atom is -0.343 e. The molecule has 3 N–H and O–H groups in total. The molecule has 0 spiro atoms. The van der Waals surface area contributed by atoms with E-state index >= 15 is 0 Å². The van der Waals surface area contributed by atoms with Crippen LogP contribution in [0.4, 0.5) is 5.69 Å². The fraction of sp³-hybridized carbons (Fsp3) is 0.333. The molecule has 1 unspecified atom stereocenters. The van der Waals surface area contributed by atoms with Crippen LogP contribution in [-0.2, 0) is 10.1 Å². The lowest BCUT2D eigenvalue weighted by molar-refractivity contribution is 0.483. The standard InChI is InChI=1S/C12H16N4O3S/c1-3-12(14-8-13-9(2)15-12)16-10-4-6-11(7-5-10)20(17,18)19/h4-8,16H,3H2,1-2H3,(H,13,14,15)(H,17,18,19). The van der Waals surface area contributed by atoms with Crippen molar-refractivity contribution < 1.29 is 13.0 Å². The molecule has 7 nitrogen and oxygen atoms in total. The summed E-state index contributed by atoms with van der Waals surface area (Å²) in [7, 11) is -4.18. The first-order valence-corrected chi connectivity index (χ1v) is 7.51. The van der Waals surface area contributed by atoms with Crippen molar-refractivity contribution in [1.82, 2.24) is 5.32 Å². The predicted octanol–water partition coefficient (Wildman–Crippen LogP) is 1.46. The summed E-state index contributed by atoms with van der Waals surface area (Å²) >= 11 is 0. The van der Waals surface area contributed by atoms with Crippen molar-refractivity contribution in [1.29, 1.82) is 0 Å². The highest BCUT2D eigenvalue weighted by Crippen LogP contribution is 2.24. The van der Waals surface area contributed by atoms with Crippen LogP contribution in [0.25, 0.3) is 0 Å². The molecule has 0 radical (unpaired) electrons. The van der Waals surface area contributed by atoms with Crippen molar-refractivity contribution in [2.24, 2.45) is 9.98 Å². The van der Waals surface area contributed by atoms with Crippen LogP contribution in [-0.4, -0.2) is 30.9 Å². The largest absolute Gasteiger partial charge is 0.343 e. The fourth-order valence-electron chi connectivity index (χ4n) is 1.83. The van der Waals surface area contributed by atoms with E-state index in [2.05, 4.69) is 20.6 Å². The van der Waals surface area contributed by atoms with E-state index in [1.54, 1.807) is 18.5 Å². The minimum atomic E-state index is -4.18. The first-order valence-electron chi connectivity index (χ1n) is 6.07. The Hall–Kier alpha value is -1.93. The molecular weight excluding hydrogens is 280 g/mol. The van der Waals surface area contributed by atoms with Crippen LogP contribution in [0.3, 0.4) is 0 Å². The van der Waals surface area contributed by atoms with Gasteiger partial charge in [0.25, 0.3) is 10.1 Å². The van der Waals surface area contributed by atoms with Gasteiger partial charge in [0, 0.05) is 12.1 Å². The van der Waals surface area contributed by atoms with E-state index in [1.165, 1.54) is 12.1 Å². The van der Waals surface area contributed by atoms with Crippen molar-refractivity contribution in [3.8, 4) is 0 Å². The fourth-order valence-corrected chi connectivity index (χ4v) is 2.31. The molecule has 0 fully saturated rings. The minimum absolute atomic E-state index is 0.151. The van der Waals surface area contributed by atoms with E-state index in [1.807, 2.05) is 13.8 Å². The quantitative estimate of drug-likeness (QED) is 0.730. The second kappa shape index (κ2) is 5.22. The zero-order valence-corrected chi connectivity index (χ0v) is 12.0. The van der Waals surface area contributed by atoms with E-state index in [-0.39, 0.29) is 4.90 Å². The van der Waals surface area contributed by atoms with E-state index in [0.717, 1.165) is 5.84 Å². The normalized spacial score (nSPS) is 22.1. The van der Waals surface area contributed by atoms with Crippen LogP contribution < -0.4 is 10.6 Å². The lowest BCUT2D eigenvalue weighted by Crippen LogP contribution is -2.41. The van der Waals surface area contributed by atoms with Gasteiger partial charge < -0.3 is 10.6 Å². The van der Waals surface area contributed by atoms with E-state index in [9.17, 15) is 8.42 Å². The number of rotatable bonds is 4. The summed E-state index contributed by atoms with van der Waals surface area (Å²) in [5.74, 6) is -0.0570. The zero-order valence-electron chi connectivity index (χ0n) is 11.2. The molecule has 0 bridgehead atoms. The number of hydrogen-bond acceptors (Lipinski definition) is 6. The molecule has 1 aromatic carbocycles. The number of hydrogen-bond donors (Lipinski definition) is 3. The van der Waals surface area contributed by atoms with Crippen LogP contribution in [0.1, 0.15) is 20.3 Å². The van der Waals surface area contributed by atoms with Gasteiger partial charge in [0.1, 0.15) is 5.84 Å². The molecule has 108 valence electrons. The third-order valence-electron chi connectivity index (χ3n) is 2.89. The molecule has 0 saturated carbocycles. The molecular formula is C12H16N4O3S. The van der Waals surface area contributed by atoms with Gasteiger partial charge >= 0.3 is 0 Å². The number of nitrogens with zero attached hydrogens (tertiary/aromatic N) is 2. The van der Waals surface area contributed by atoms with Crippen LogP contribution in [0.2, 0.25) is 0 Å². The summed E-state index contributed by atoms with van der Waals surface area (Å²) < 4.78 is 30.9. The molecule has 1 aliphatic rings. The maximum atomic E-state index is 11.0. The maximum absolute atomic E-state index is 11.0. The molecule has 20 heavy (non-hydrogen) atoms. The molecule has 2 rings (SSSR count). The van der Waals surface area contributed by atoms with Crippen LogP contribution in [0.15, 0.2) is 39.1 Å². The van der Waals surface area contributed by atoms with E-state index < -0.39 is 15.9 Å². The van der Waals surface area contributed by atoms with Gasteiger partial charge in [-0.05, 0) is 31.2 Å². The van der Waals surface area contributed by atoms with Crippen molar-refractivity contribution >= 4 is 28.0 Å². The van der Waals surface area contributed by atoms with Gasteiger partial charge in [-0.3, -0.25) is 4.55 Å². The summed E-state index contributed by atoms with van der Waals surface area (Å²) in [5.41, 5.74) is 0.662. The van der Waals surface area contributed by atoms with Gasteiger partial charge in [-0.15, -0.1) is 0 Å². The molecule has 1 heterocycles. The molecule has 1 atom stereocenters. The number of aliphatic imine (C=N–C) groups is 2. The Morgan fingerprint density at radius 2 is 2.00 bits per heavy atom. The van der Waals surface area contributed by atoms with Crippen LogP contribution in [0.5, 0.6) is 0 Å². The second-order valence-corrected chi connectivity index (χ2v) is 5.82. The monoisotopic (exact) mass is 296 g/mol. The molecule has 0 aliphatic carbocycles. The molecule has 0 amide bonds. The first-order chi connectivity index (χ1) is 9.35. The Morgan fingerprint density at radius 1 is 1.35 bits per heavy atom. The van der Waals surface area contributed by atoms with Gasteiger partial charge in [-0.1, -0.05) is 6.92 Å². The highest BCUT2D eigenvalue weighted by molar-refractivity contribution is 7.85. The average molecular weight is 296 g/mol. The van der Waals surface area contributed by atoms with Crippen molar-refractivity contribution in [3.63, 3.8) is 0 Å². The summed E-state index contributed by atoms with van der Waals surface area (Å²) in [6, 6.07) is 5.76. The smallest absolute Gasteiger partial charge is 0.294 e. The third kappa shape index (κ3) is 3.14. The zero-order chi connectivity index (χ0) is 14.8. The molecule has 1 aromatic rings. The molecule has 1 aliphatic heterocycles.